The highest BCUT2D eigenvalue weighted by Crippen LogP contribution is 2.32. The first-order chi connectivity index (χ1) is 10.8. The molecular formula is C15H19N5O2. The summed E-state index contributed by atoms with van der Waals surface area (Å²) in [6, 6.07) is 6.15. The van der Waals surface area contributed by atoms with Crippen LogP contribution in [-0.2, 0) is 17.8 Å². The fraction of sp³-hybridized carbons (Fsp3) is 0.467. The van der Waals surface area contributed by atoms with E-state index < -0.39 is 0 Å². The van der Waals surface area contributed by atoms with Crippen LogP contribution in [0.1, 0.15) is 36.4 Å². The predicted octanol–water partition coefficient (Wildman–Crippen LogP) is 1.27. The molecule has 1 amide bonds. The van der Waals surface area contributed by atoms with Gasteiger partial charge in [-0.25, -0.2) is 4.68 Å². The number of aryl methyl sites for hydroxylation is 2. The number of carbonyl (C=O) groups excluding carboxylic acids is 1. The van der Waals surface area contributed by atoms with E-state index in [1.807, 2.05) is 6.07 Å². The average molecular weight is 301 g/mol. The molecule has 0 aliphatic heterocycles. The summed E-state index contributed by atoms with van der Waals surface area (Å²) in [5.41, 5.74) is 2.46. The maximum absolute atomic E-state index is 12.1. The quantitative estimate of drug-likeness (QED) is 0.899. The zero-order chi connectivity index (χ0) is 15.4. The van der Waals surface area contributed by atoms with Crippen LogP contribution in [0, 0.1) is 0 Å². The zero-order valence-corrected chi connectivity index (χ0v) is 12.5. The minimum absolute atomic E-state index is 0.0177. The number of benzene rings is 1. The van der Waals surface area contributed by atoms with Crippen molar-refractivity contribution in [1.82, 2.24) is 25.5 Å². The van der Waals surface area contributed by atoms with E-state index in [4.69, 9.17) is 4.74 Å². The molecule has 7 nitrogen and oxygen atoms in total. The van der Waals surface area contributed by atoms with E-state index in [0.717, 1.165) is 25.0 Å². The minimum Gasteiger partial charge on any atom is -0.497 e. The number of methoxy groups -OCH3 is 1. The summed E-state index contributed by atoms with van der Waals surface area (Å²) in [5, 5.41) is 14.0. The van der Waals surface area contributed by atoms with Crippen molar-refractivity contribution >= 4 is 5.91 Å². The molecule has 1 unspecified atom stereocenters. The Balaban J connectivity index is 1.62. The molecule has 0 radical (unpaired) electrons. The van der Waals surface area contributed by atoms with Gasteiger partial charge in [0.05, 0.1) is 19.7 Å². The highest BCUT2D eigenvalue weighted by molar-refractivity contribution is 5.76. The van der Waals surface area contributed by atoms with Gasteiger partial charge in [0.1, 0.15) is 12.1 Å². The van der Waals surface area contributed by atoms with Crippen molar-refractivity contribution in [2.75, 3.05) is 7.11 Å². The van der Waals surface area contributed by atoms with Crippen LogP contribution in [0.4, 0.5) is 0 Å². The Kier molecular flexibility index (Phi) is 4.32. The molecule has 1 atom stereocenters. The van der Waals surface area contributed by atoms with Crippen LogP contribution in [0.25, 0.3) is 0 Å². The van der Waals surface area contributed by atoms with Gasteiger partial charge in [0.2, 0.25) is 5.91 Å². The molecule has 116 valence electrons. The molecule has 1 heterocycles. The SMILES string of the molecule is COc1ccc2c(c1)CCCC2NC(=O)CCn1cnnn1. The number of carbonyl (C=O) groups is 1. The molecule has 2 aromatic rings. The number of aromatic nitrogens is 4. The van der Waals surface area contributed by atoms with E-state index in [1.165, 1.54) is 17.5 Å². The van der Waals surface area contributed by atoms with Crippen LogP contribution in [-0.4, -0.2) is 33.2 Å². The van der Waals surface area contributed by atoms with Crippen molar-refractivity contribution in [3.8, 4) is 5.75 Å². The smallest absolute Gasteiger partial charge is 0.222 e. The van der Waals surface area contributed by atoms with Gasteiger partial charge in [0.15, 0.2) is 0 Å². The maximum Gasteiger partial charge on any atom is 0.222 e. The van der Waals surface area contributed by atoms with Gasteiger partial charge in [0.25, 0.3) is 0 Å². The van der Waals surface area contributed by atoms with E-state index in [0.29, 0.717) is 13.0 Å². The van der Waals surface area contributed by atoms with Gasteiger partial charge in [-0.05, 0) is 52.9 Å². The van der Waals surface area contributed by atoms with Gasteiger partial charge >= 0.3 is 0 Å². The number of nitrogens with zero attached hydrogens (tertiary/aromatic N) is 4. The normalized spacial score (nSPS) is 16.9. The first-order valence-electron chi connectivity index (χ1n) is 7.43. The first kappa shape index (κ1) is 14.5. The molecule has 3 rings (SSSR count). The van der Waals surface area contributed by atoms with E-state index in [-0.39, 0.29) is 11.9 Å². The van der Waals surface area contributed by atoms with Gasteiger partial charge in [0, 0.05) is 6.42 Å². The zero-order valence-electron chi connectivity index (χ0n) is 12.5. The predicted molar refractivity (Wildman–Crippen MR) is 79.2 cm³/mol. The van der Waals surface area contributed by atoms with Crippen LogP contribution < -0.4 is 10.1 Å². The van der Waals surface area contributed by atoms with Crippen molar-refractivity contribution < 1.29 is 9.53 Å². The van der Waals surface area contributed by atoms with E-state index in [1.54, 1.807) is 11.8 Å². The Morgan fingerprint density at radius 1 is 1.50 bits per heavy atom. The number of tetrazole rings is 1. The molecular weight excluding hydrogens is 282 g/mol. The molecule has 1 aliphatic carbocycles. The Bertz CT molecular complexity index is 641. The number of hydrogen-bond donors (Lipinski definition) is 1. The van der Waals surface area contributed by atoms with Crippen molar-refractivity contribution in [3.63, 3.8) is 0 Å². The minimum atomic E-state index is 0.0177. The Morgan fingerprint density at radius 3 is 3.18 bits per heavy atom. The second-order valence-electron chi connectivity index (χ2n) is 5.40. The molecule has 0 spiro atoms. The third-order valence-electron chi connectivity index (χ3n) is 3.96. The summed E-state index contributed by atoms with van der Waals surface area (Å²) < 4.78 is 6.82. The molecule has 7 heteroatoms. The second-order valence-corrected chi connectivity index (χ2v) is 5.40. The Hall–Kier alpha value is -2.44. The lowest BCUT2D eigenvalue weighted by Crippen LogP contribution is -2.31. The van der Waals surface area contributed by atoms with Crippen LogP contribution in [0.2, 0.25) is 0 Å². The summed E-state index contributed by atoms with van der Waals surface area (Å²) >= 11 is 0. The van der Waals surface area contributed by atoms with E-state index in [9.17, 15) is 4.79 Å². The molecule has 1 N–H and O–H groups in total. The summed E-state index contributed by atoms with van der Waals surface area (Å²) in [6.45, 7) is 0.487. The summed E-state index contributed by atoms with van der Waals surface area (Å²) in [5.74, 6) is 0.883. The monoisotopic (exact) mass is 301 g/mol. The van der Waals surface area contributed by atoms with Crippen LogP contribution in [0.5, 0.6) is 5.75 Å². The van der Waals surface area contributed by atoms with Gasteiger partial charge in [-0.1, -0.05) is 6.07 Å². The number of ether oxygens (including phenoxy) is 1. The molecule has 0 fully saturated rings. The number of rotatable bonds is 5. The second kappa shape index (κ2) is 6.55. The fourth-order valence-electron chi connectivity index (χ4n) is 2.83. The van der Waals surface area contributed by atoms with Gasteiger partial charge < -0.3 is 10.1 Å². The van der Waals surface area contributed by atoms with Crippen molar-refractivity contribution in [2.24, 2.45) is 0 Å². The third-order valence-corrected chi connectivity index (χ3v) is 3.96. The van der Waals surface area contributed by atoms with Crippen LogP contribution >= 0.6 is 0 Å². The molecule has 1 aromatic carbocycles. The molecule has 0 saturated heterocycles. The highest BCUT2D eigenvalue weighted by atomic mass is 16.5. The largest absolute Gasteiger partial charge is 0.497 e. The lowest BCUT2D eigenvalue weighted by atomic mass is 9.87. The Morgan fingerprint density at radius 2 is 2.41 bits per heavy atom. The number of amides is 1. The molecule has 1 aliphatic rings. The number of hydrogen-bond acceptors (Lipinski definition) is 5. The third kappa shape index (κ3) is 3.24. The van der Waals surface area contributed by atoms with E-state index in [2.05, 4.69) is 33.0 Å². The van der Waals surface area contributed by atoms with Gasteiger partial charge in [-0.2, -0.15) is 0 Å². The standard InChI is InChI=1S/C15H19N5O2/c1-22-12-5-6-13-11(9-12)3-2-4-14(13)17-15(21)7-8-20-10-16-18-19-20/h5-6,9-10,14H,2-4,7-8H2,1H3,(H,17,21). The topological polar surface area (TPSA) is 81.9 Å². The van der Waals surface area contributed by atoms with E-state index >= 15 is 0 Å². The Labute approximate surface area is 128 Å². The average Bonchev–Trinajstić information content (AvgIpc) is 3.06. The summed E-state index contributed by atoms with van der Waals surface area (Å²) in [7, 11) is 1.67. The number of nitrogens with one attached hydrogen (secondary N) is 1. The molecule has 22 heavy (non-hydrogen) atoms. The lowest BCUT2D eigenvalue weighted by Gasteiger charge is -2.26. The van der Waals surface area contributed by atoms with Gasteiger partial charge in [-0.3, -0.25) is 4.79 Å². The molecule has 0 saturated carbocycles. The molecule has 0 bridgehead atoms. The summed E-state index contributed by atoms with van der Waals surface area (Å²) in [4.78, 5) is 12.1. The maximum atomic E-state index is 12.1. The van der Waals surface area contributed by atoms with Crippen molar-refractivity contribution in [2.45, 2.75) is 38.3 Å². The number of fused-ring (bicyclic) bond motifs is 1. The fourth-order valence-corrected chi connectivity index (χ4v) is 2.83. The molecule has 1 aromatic heterocycles. The van der Waals surface area contributed by atoms with Crippen LogP contribution in [0.15, 0.2) is 24.5 Å². The lowest BCUT2D eigenvalue weighted by molar-refractivity contribution is -0.122. The van der Waals surface area contributed by atoms with Crippen LogP contribution in [0.3, 0.4) is 0 Å². The first-order valence-corrected chi connectivity index (χ1v) is 7.43. The van der Waals surface area contributed by atoms with Gasteiger partial charge in [-0.15, -0.1) is 5.10 Å². The van der Waals surface area contributed by atoms with Crippen molar-refractivity contribution in [1.29, 1.82) is 0 Å². The van der Waals surface area contributed by atoms with Crippen molar-refractivity contribution in [3.05, 3.63) is 35.7 Å². The summed E-state index contributed by atoms with van der Waals surface area (Å²) in [6.07, 6.45) is 4.94. The highest BCUT2D eigenvalue weighted by Gasteiger charge is 2.22.